The molecule has 29 heavy (non-hydrogen) atoms. The molecule has 0 bridgehead atoms. The molecule has 1 saturated carbocycles. The van der Waals surface area contributed by atoms with Gasteiger partial charge in [-0.1, -0.05) is 12.1 Å². The van der Waals surface area contributed by atoms with E-state index in [9.17, 15) is 13.2 Å². The predicted molar refractivity (Wildman–Crippen MR) is 106 cm³/mol. The number of pyridine rings is 1. The highest BCUT2D eigenvalue weighted by Gasteiger charge is 2.30. The van der Waals surface area contributed by atoms with Crippen molar-refractivity contribution >= 4 is 10.0 Å². The van der Waals surface area contributed by atoms with Gasteiger partial charge in [0.1, 0.15) is 10.6 Å². The number of sulfonamides is 1. The van der Waals surface area contributed by atoms with Gasteiger partial charge in [-0.3, -0.25) is 9.55 Å². The number of hydrogen-bond acceptors (Lipinski definition) is 6. The Hall–Kier alpha value is -2.98. The van der Waals surface area contributed by atoms with Gasteiger partial charge in [0.05, 0.1) is 13.7 Å². The summed E-state index contributed by atoms with van der Waals surface area (Å²) in [6.45, 7) is 0.134. The first kappa shape index (κ1) is 19.3. The van der Waals surface area contributed by atoms with E-state index in [0.29, 0.717) is 5.82 Å². The maximum Gasteiger partial charge on any atom is 0.346 e. The molecule has 0 atom stereocenters. The Kier molecular flexibility index (Phi) is 5.20. The van der Waals surface area contributed by atoms with Crippen LogP contribution in [0, 0.1) is 0 Å². The first-order valence-electron chi connectivity index (χ1n) is 9.23. The summed E-state index contributed by atoms with van der Waals surface area (Å²) in [5.74, 6) is 0.812. The number of rotatable bonds is 8. The largest absolute Gasteiger partial charge is 0.495 e. The molecule has 0 unspecified atom stereocenters. The SMILES string of the molecule is COc1ccccc1S(=O)(=O)NCCn1nc(-c2cccnc2)n(C2CC2)c1=O. The summed E-state index contributed by atoms with van der Waals surface area (Å²) in [5.41, 5.74) is 0.507. The van der Waals surface area contributed by atoms with Crippen molar-refractivity contribution in [3.8, 4) is 17.1 Å². The predicted octanol–water partition coefficient (Wildman–Crippen LogP) is 1.43. The normalized spacial score (nSPS) is 14.1. The van der Waals surface area contributed by atoms with E-state index in [4.69, 9.17) is 4.74 Å². The lowest BCUT2D eigenvalue weighted by molar-refractivity contribution is 0.402. The summed E-state index contributed by atoms with van der Waals surface area (Å²) >= 11 is 0. The van der Waals surface area contributed by atoms with E-state index in [0.717, 1.165) is 18.4 Å². The second kappa shape index (κ2) is 7.80. The van der Waals surface area contributed by atoms with Crippen molar-refractivity contribution in [3.63, 3.8) is 0 Å². The molecule has 1 aromatic carbocycles. The molecule has 0 radical (unpaired) electrons. The Bertz CT molecular complexity index is 1170. The summed E-state index contributed by atoms with van der Waals surface area (Å²) < 4.78 is 35.8. The molecule has 10 heteroatoms. The Morgan fingerprint density at radius 1 is 1.21 bits per heavy atom. The minimum absolute atomic E-state index is 0.0223. The van der Waals surface area contributed by atoms with Crippen LogP contribution >= 0.6 is 0 Å². The second-order valence-corrected chi connectivity index (χ2v) is 8.46. The molecule has 152 valence electrons. The molecule has 1 N–H and O–H groups in total. The van der Waals surface area contributed by atoms with E-state index in [2.05, 4.69) is 14.8 Å². The number of nitrogens with one attached hydrogen (secondary N) is 1. The highest BCUT2D eigenvalue weighted by Crippen LogP contribution is 2.36. The van der Waals surface area contributed by atoms with Gasteiger partial charge in [-0.15, -0.1) is 5.10 Å². The molecule has 1 aliphatic rings. The van der Waals surface area contributed by atoms with Crippen LogP contribution in [-0.2, 0) is 16.6 Å². The summed E-state index contributed by atoms with van der Waals surface area (Å²) in [4.78, 5) is 17.0. The van der Waals surface area contributed by atoms with Crippen molar-refractivity contribution in [2.24, 2.45) is 0 Å². The molecule has 2 aromatic heterocycles. The molecule has 0 aliphatic heterocycles. The van der Waals surface area contributed by atoms with E-state index in [1.54, 1.807) is 41.2 Å². The number of para-hydroxylation sites is 1. The van der Waals surface area contributed by atoms with E-state index < -0.39 is 10.0 Å². The zero-order chi connectivity index (χ0) is 20.4. The topological polar surface area (TPSA) is 108 Å². The van der Waals surface area contributed by atoms with Gasteiger partial charge >= 0.3 is 5.69 Å². The Morgan fingerprint density at radius 2 is 2.00 bits per heavy atom. The molecule has 9 nitrogen and oxygen atoms in total. The third kappa shape index (κ3) is 3.94. The van der Waals surface area contributed by atoms with Crippen LogP contribution in [0.2, 0.25) is 0 Å². The molecule has 2 heterocycles. The Morgan fingerprint density at radius 3 is 2.69 bits per heavy atom. The average Bonchev–Trinajstić information content (AvgIpc) is 3.52. The van der Waals surface area contributed by atoms with Crippen molar-refractivity contribution in [2.45, 2.75) is 30.3 Å². The number of aromatic nitrogens is 4. The fourth-order valence-corrected chi connectivity index (χ4v) is 4.31. The minimum Gasteiger partial charge on any atom is -0.495 e. The van der Waals surface area contributed by atoms with Crippen LogP contribution in [0.4, 0.5) is 0 Å². The number of hydrogen-bond donors (Lipinski definition) is 1. The highest BCUT2D eigenvalue weighted by atomic mass is 32.2. The zero-order valence-electron chi connectivity index (χ0n) is 15.9. The minimum atomic E-state index is -3.78. The zero-order valence-corrected chi connectivity index (χ0v) is 16.7. The lowest BCUT2D eigenvalue weighted by atomic mass is 10.3. The molecular formula is C19H21N5O4S. The molecule has 4 rings (SSSR count). The van der Waals surface area contributed by atoms with Crippen molar-refractivity contribution in [1.29, 1.82) is 0 Å². The lowest BCUT2D eigenvalue weighted by Gasteiger charge is -2.10. The van der Waals surface area contributed by atoms with E-state index >= 15 is 0 Å². The second-order valence-electron chi connectivity index (χ2n) is 6.72. The number of nitrogens with zero attached hydrogens (tertiary/aromatic N) is 4. The highest BCUT2D eigenvalue weighted by molar-refractivity contribution is 7.89. The number of benzene rings is 1. The van der Waals surface area contributed by atoms with Crippen LogP contribution in [0.15, 0.2) is 58.5 Å². The maximum absolute atomic E-state index is 12.8. The van der Waals surface area contributed by atoms with E-state index in [-0.39, 0.29) is 35.5 Å². The van der Waals surface area contributed by atoms with Crippen LogP contribution in [0.5, 0.6) is 5.75 Å². The third-order valence-corrected chi connectivity index (χ3v) is 6.18. The summed E-state index contributed by atoms with van der Waals surface area (Å²) in [5, 5.41) is 4.43. The molecule has 3 aromatic rings. The van der Waals surface area contributed by atoms with Gasteiger partial charge in [-0.05, 0) is 37.1 Å². The van der Waals surface area contributed by atoms with Gasteiger partial charge < -0.3 is 4.74 Å². The summed E-state index contributed by atoms with van der Waals surface area (Å²) in [7, 11) is -2.37. The molecule has 0 spiro atoms. The summed E-state index contributed by atoms with van der Waals surface area (Å²) in [6.07, 6.45) is 5.18. The quantitative estimate of drug-likeness (QED) is 0.596. The van der Waals surface area contributed by atoms with Gasteiger partial charge in [-0.2, -0.15) is 0 Å². The van der Waals surface area contributed by atoms with Crippen LogP contribution < -0.4 is 15.1 Å². The van der Waals surface area contributed by atoms with Crippen LogP contribution in [0.25, 0.3) is 11.4 Å². The van der Waals surface area contributed by atoms with Crippen molar-refractivity contribution in [1.82, 2.24) is 24.1 Å². The van der Waals surface area contributed by atoms with Crippen LogP contribution in [0.3, 0.4) is 0 Å². The maximum atomic E-state index is 12.8. The van der Waals surface area contributed by atoms with E-state index in [1.807, 2.05) is 6.07 Å². The Balaban J connectivity index is 1.54. The van der Waals surface area contributed by atoms with Crippen molar-refractivity contribution < 1.29 is 13.2 Å². The van der Waals surface area contributed by atoms with Gasteiger partial charge in [0, 0.05) is 30.5 Å². The number of methoxy groups -OCH3 is 1. The van der Waals surface area contributed by atoms with Crippen LogP contribution in [0.1, 0.15) is 18.9 Å². The first-order chi connectivity index (χ1) is 14.0. The molecule has 0 saturated heterocycles. The molecular weight excluding hydrogens is 394 g/mol. The molecule has 1 aliphatic carbocycles. The standard InChI is InChI=1S/C19H21N5O4S/c1-28-16-6-2-3-7-17(16)29(26,27)21-11-12-23-19(25)24(15-8-9-15)18(22-23)14-5-4-10-20-13-14/h2-7,10,13,15,21H,8-9,11-12H2,1H3. The van der Waals surface area contributed by atoms with Gasteiger partial charge in [0.15, 0.2) is 5.82 Å². The van der Waals surface area contributed by atoms with Crippen LogP contribution in [-0.4, -0.2) is 41.4 Å². The third-order valence-electron chi connectivity index (χ3n) is 4.68. The smallest absolute Gasteiger partial charge is 0.346 e. The van der Waals surface area contributed by atoms with Gasteiger partial charge in [0.2, 0.25) is 10.0 Å². The molecule has 1 fully saturated rings. The first-order valence-corrected chi connectivity index (χ1v) is 10.7. The average molecular weight is 415 g/mol. The van der Waals surface area contributed by atoms with Crippen molar-refractivity contribution in [2.75, 3.05) is 13.7 Å². The fourth-order valence-electron chi connectivity index (χ4n) is 3.12. The van der Waals surface area contributed by atoms with Gasteiger partial charge in [-0.25, -0.2) is 22.6 Å². The lowest BCUT2D eigenvalue weighted by Crippen LogP contribution is -2.32. The monoisotopic (exact) mass is 415 g/mol. The van der Waals surface area contributed by atoms with Crippen molar-refractivity contribution in [3.05, 3.63) is 59.3 Å². The fraction of sp³-hybridized carbons (Fsp3) is 0.316. The van der Waals surface area contributed by atoms with Gasteiger partial charge in [0.25, 0.3) is 0 Å². The Labute approximate surface area is 168 Å². The van der Waals surface area contributed by atoms with E-state index in [1.165, 1.54) is 17.9 Å². The summed E-state index contributed by atoms with van der Waals surface area (Å²) in [6, 6.07) is 10.1. The molecule has 0 amide bonds. The number of ether oxygens (including phenoxy) is 1.